The van der Waals surface area contributed by atoms with E-state index in [2.05, 4.69) is 5.32 Å². The molecule has 0 spiro atoms. The molecule has 4 nitrogen and oxygen atoms in total. The first-order valence-corrected chi connectivity index (χ1v) is 8.89. The molecule has 0 aliphatic carbocycles. The lowest BCUT2D eigenvalue weighted by Gasteiger charge is -2.14. The van der Waals surface area contributed by atoms with Crippen molar-refractivity contribution in [3.8, 4) is 0 Å². The molecule has 0 aromatic heterocycles. The first-order valence-electron chi connectivity index (χ1n) is 7.00. The van der Waals surface area contributed by atoms with Gasteiger partial charge < -0.3 is 5.32 Å². The van der Waals surface area contributed by atoms with Crippen LogP contribution in [0.3, 0.4) is 0 Å². The average molecular weight is 317 g/mol. The van der Waals surface area contributed by atoms with Gasteiger partial charge in [-0.05, 0) is 29.7 Å². The van der Waals surface area contributed by atoms with E-state index in [4.69, 9.17) is 0 Å². The van der Waals surface area contributed by atoms with Crippen LogP contribution in [-0.2, 0) is 9.84 Å². The van der Waals surface area contributed by atoms with Crippen LogP contribution in [0.25, 0.3) is 0 Å². The highest BCUT2D eigenvalue weighted by molar-refractivity contribution is 7.90. The molecule has 0 radical (unpaired) electrons. The number of hydrogen-bond acceptors (Lipinski definition) is 3. The molecule has 5 heteroatoms. The maximum absolute atomic E-state index is 12.5. The summed E-state index contributed by atoms with van der Waals surface area (Å²) >= 11 is 0. The van der Waals surface area contributed by atoms with Gasteiger partial charge in [0.1, 0.15) is 0 Å². The highest BCUT2D eigenvalue weighted by Crippen LogP contribution is 2.25. The molecular formula is C17H19NO3S. The van der Waals surface area contributed by atoms with Gasteiger partial charge in [0.2, 0.25) is 0 Å². The van der Waals surface area contributed by atoms with Crippen molar-refractivity contribution in [1.82, 2.24) is 0 Å². The zero-order valence-corrected chi connectivity index (χ0v) is 13.6. The monoisotopic (exact) mass is 317 g/mol. The Morgan fingerprint density at radius 2 is 1.59 bits per heavy atom. The number of anilines is 1. The van der Waals surface area contributed by atoms with Crippen molar-refractivity contribution >= 4 is 21.4 Å². The Labute approximate surface area is 131 Å². The highest BCUT2D eigenvalue weighted by atomic mass is 32.2. The van der Waals surface area contributed by atoms with Gasteiger partial charge in [-0.1, -0.05) is 44.2 Å². The molecule has 0 unspecified atom stereocenters. The van der Waals surface area contributed by atoms with Gasteiger partial charge in [-0.3, -0.25) is 4.79 Å². The minimum absolute atomic E-state index is 0.0366. The molecule has 0 saturated heterocycles. The third-order valence-electron chi connectivity index (χ3n) is 3.36. The molecule has 22 heavy (non-hydrogen) atoms. The molecule has 1 N–H and O–H groups in total. The van der Waals surface area contributed by atoms with Crippen LogP contribution in [0, 0.1) is 0 Å². The number of carbonyl (C=O) groups is 1. The Balaban J connectivity index is 2.40. The Morgan fingerprint density at radius 1 is 1.00 bits per heavy atom. The third kappa shape index (κ3) is 3.54. The van der Waals surface area contributed by atoms with Crippen LogP contribution < -0.4 is 5.32 Å². The molecule has 0 aliphatic heterocycles. The van der Waals surface area contributed by atoms with Gasteiger partial charge in [0.05, 0.1) is 10.5 Å². The molecule has 2 aromatic carbocycles. The summed E-state index contributed by atoms with van der Waals surface area (Å²) in [5.74, 6) is -0.171. The maximum Gasteiger partial charge on any atom is 0.256 e. The van der Waals surface area contributed by atoms with Gasteiger partial charge in [-0.25, -0.2) is 8.42 Å². The SMILES string of the molecule is CC(C)c1ccccc1NC(=O)c1ccccc1S(C)(=O)=O. The number of nitrogens with one attached hydrogen (secondary N) is 1. The van der Waals surface area contributed by atoms with Crippen LogP contribution in [0.4, 0.5) is 5.69 Å². The molecule has 0 bridgehead atoms. The maximum atomic E-state index is 12.5. The highest BCUT2D eigenvalue weighted by Gasteiger charge is 2.19. The predicted octanol–water partition coefficient (Wildman–Crippen LogP) is 3.47. The minimum atomic E-state index is -3.46. The second-order valence-electron chi connectivity index (χ2n) is 5.46. The molecule has 0 heterocycles. The van der Waals surface area contributed by atoms with E-state index in [0.29, 0.717) is 5.69 Å². The summed E-state index contributed by atoms with van der Waals surface area (Å²) in [5.41, 5.74) is 1.86. The van der Waals surface area contributed by atoms with Gasteiger partial charge in [0.15, 0.2) is 9.84 Å². The van der Waals surface area contributed by atoms with Crippen molar-refractivity contribution < 1.29 is 13.2 Å². The summed E-state index contributed by atoms with van der Waals surface area (Å²) in [4.78, 5) is 12.5. The standard InChI is InChI=1S/C17H19NO3S/c1-12(2)13-8-4-6-10-15(13)18-17(19)14-9-5-7-11-16(14)22(3,20)21/h4-12H,1-3H3,(H,18,19). The van der Waals surface area contributed by atoms with Crippen LogP contribution in [0.15, 0.2) is 53.4 Å². The summed E-state index contributed by atoms with van der Waals surface area (Å²) in [6.07, 6.45) is 1.10. The van der Waals surface area contributed by atoms with Gasteiger partial charge >= 0.3 is 0 Å². The van der Waals surface area contributed by atoms with Crippen molar-refractivity contribution in [2.45, 2.75) is 24.7 Å². The van der Waals surface area contributed by atoms with Crippen LogP contribution in [0.1, 0.15) is 35.7 Å². The van der Waals surface area contributed by atoms with Gasteiger partial charge in [0, 0.05) is 11.9 Å². The average Bonchev–Trinajstić information content (AvgIpc) is 2.46. The Kier molecular flexibility index (Phi) is 4.66. The second-order valence-corrected chi connectivity index (χ2v) is 7.45. The van der Waals surface area contributed by atoms with Crippen LogP contribution in [0.5, 0.6) is 0 Å². The van der Waals surface area contributed by atoms with Crippen molar-refractivity contribution in [3.63, 3.8) is 0 Å². The Morgan fingerprint density at radius 3 is 2.23 bits per heavy atom. The second kappa shape index (κ2) is 6.32. The molecule has 0 saturated carbocycles. The van der Waals surface area contributed by atoms with E-state index in [1.54, 1.807) is 12.1 Å². The van der Waals surface area contributed by atoms with E-state index in [-0.39, 0.29) is 16.4 Å². The lowest BCUT2D eigenvalue weighted by molar-refractivity contribution is 0.102. The van der Waals surface area contributed by atoms with E-state index in [1.807, 2.05) is 38.1 Å². The largest absolute Gasteiger partial charge is 0.322 e. The quantitative estimate of drug-likeness (QED) is 0.939. The Hall–Kier alpha value is -2.14. The number of rotatable bonds is 4. The van der Waals surface area contributed by atoms with Gasteiger partial charge in [-0.2, -0.15) is 0 Å². The summed E-state index contributed by atoms with van der Waals surface area (Å²) in [5, 5.41) is 2.82. The number of para-hydroxylation sites is 1. The summed E-state index contributed by atoms with van der Waals surface area (Å²) in [7, 11) is -3.46. The van der Waals surface area contributed by atoms with Gasteiger partial charge in [0.25, 0.3) is 5.91 Å². The van der Waals surface area contributed by atoms with E-state index in [9.17, 15) is 13.2 Å². The fraction of sp³-hybridized carbons (Fsp3) is 0.235. The normalized spacial score (nSPS) is 11.5. The minimum Gasteiger partial charge on any atom is -0.322 e. The number of hydrogen-bond donors (Lipinski definition) is 1. The van der Waals surface area contributed by atoms with E-state index >= 15 is 0 Å². The van der Waals surface area contributed by atoms with Crippen molar-refractivity contribution in [2.24, 2.45) is 0 Å². The first-order chi connectivity index (χ1) is 10.3. The summed E-state index contributed by atoms with van der Waals surface area (Å²) < 4.78 is 23.6. The van der Waals surface area contributed by atoms with Crippen LogP contribution in [-0.4, -0.2) is 20.6 Å². The lowest BCUT2D eigenvalue weighted by Crippen LogP contribution is -2.17. The predicted molar refractivity (Wildman–Crippen MR) is 88.0 cm³/mol. The first kappa shape index (κ1) is 16.2. The van der Waals surface area contributed by atoms with Crippen molar-refractivity contribution in [1.29, 1.82) is 0 Å². The van der Waals surface area contributed by atoms with Crippen molar-refractivity contribution in [3.05, 3.63) is 59.7 Å². The Bertz CT molecular complexity index is 795. The zero-order valence-electron chi connectivity index (χ0n) is 12.8. The molecular weight excluding hydrogens is 298 g/mol. The number of carbonyl (C=O) groups excluding carboxylic acids is 1. The molecule has 2 aromatic rings. The molecule has 0 aliphatic rings. The van der Waals surface area contributed by atoms with Crippen LogP contribution in [0.2, 0.25) is 0 Å². The zero-order chi connectivity index (χ0) is 16.3. The van der Waals surface area contributed by atoms with E-state index < -0.39 is 15.7 Å². The smallest absolute Gasteiger partial charge is 0.256 e. The van der Waals surface area contributed by atoms with E-state index in [1.165, 1.54) is 12.1 Å². The molecule has 2 rings (SSSR count). The summed E-state index contributed by atoms with van der Waals surface area (Å²) in [6, 6.07) is 13.7. The number of sulfone groups is 1. The van der Waals surface area contributed by atoms with E-state index in [0.717, 1.165) is 11.8 Å². The number of amides is 1. The number of benzene rings is 2. The van der Waals surface area contributed by atoms with Crippen LogP contribution >= 0.6 is 0 Å². The summed E-state index contributed by atoms with van der Waals surface area (Å²) in [6.45, 7) is 4.07. The molecule has 116 valence electrons. The molecule has 0 atom stereocenters. The lowest BCUT2D eigenvalue weighted by atomic mass is 10.0. The van der Waals surface area contributed by atoms with Crippen molar-refractivity contribution in [2.75, 3.05) is 11.6 Å². The fourth-order valence-electron chi connectivity index (χ4n) is 2.28. The molecule has 1 amide bonds. The fourth-order valence-corrected chi connectivity index (χ4v) is 3.17. The van der Waals surface area contributed by atoms with Gasteiger partial charge in [-0.15, -0.1) is 0 Å². The molecule has 0 fully saturated rings. The topological polar surface area (TPSA) is 63.2 Å². The third-order valence-corrected chi connectivity index (χ3v) is 4.52.